The highest BCUT2D eigenvalue weighted by molar-refractivity contribution is 6.28. The van der Waals surface area contributed by atoms with Crippen molar-refractivity contribution in [2.24, 2.45) is 0 Å². The van der Waals surface area contributed by atoms with Gasteiger partial charge in [-0.05, 0) is 32.4 Å². The van der Waals surface area contributed by atoms with Gasteiger partial charge in [0.15, 0.2) is 17.0 Å². The Morgan fingerprint density at radius 3 is 2.52 bits per heavy atom. The number of aromatic nitrogens is 4. The Morgan fingerprint density at radius 2 is 1.86 bits per heavy atom. The van der Waals surface area contributed by atoms with Gasteiger partial charge in [-0.15, -0.1) is 0 Å². The van der Waals surface area contributed by atoms with Gasteiger partial charge in [-0.2, -0.15) is 9.97 Å². The molecule has 2 saturated heterocycles. The zero-order valence-electron chi connectivity index (χ0n) is 17.3. The van der Waals surface area contributed by atoms with Crippen molar-refractivity contribution in [3.63, 3.8) is 0 Å². The summed E-state index contributed by atoms with van der Waals surface area (Å²) in [5.41, 5.74) is 1.51. The van der Waals surface area contributed by atoms with Crippen molar-refractivity contribution in [1.82, 2.24) is 29.3 Å². The van der Waals surface area contributed by atoms with Gasteiger partial charge in [0, 0.05) is 38.8 Å². The molecule has 2 aromatic heterocycles. The van der Waals surface area contributed by atoms with Crippen LogP contribution in [0.4, 0.5) is 5.82 Å². The topological polar surface area (TPSA) is 79.6 Å². The lowest BCUT2D eigenvalue weighted by molar-refractivity contribution is -0.138. The maximum absolute atomic E-state index is 12.5. The van der Waals surface area contributed by atoms with E-state index in [4.69, 9.17) is 21.3 Å². The van der Waals surface area contributed by atoms with Crippen LogP contribution in [0.2, 0.25) is 5.28 Å². The molecule has 4 heterocycles. The summed E-state index contributed by atoms with van der Waals surface area (Å²) in [5, 5.41) is 0.223. The van der Waals surface area contributed by atoms with Crippen molar-refractivity contribution in [2.75, 3.05) is 50.8 Å². The SMILES string of the molecule is CCn1c(CN2CCN(C(C)C)C(=O)C2)nc2c(N3CCOCC3)nc(Cl)nc21. The number of nitrogens with zero attached hydrogens (tertiary/aromatic N) is 7. The Kier molecular flexibility index (Phi) is 5.89. The molecule has 0 N–H and O–H groups in total. The van der Waals surface area contributed by atoms with Crippen molar-refractivity contribution in [3.8, 4) is 0 Å². The van der Waals surface area contributed by atoms with Gasteiger partial charge in [0.1, 0.15) is 5.82 Å². The van der Waals surface area contributed by atoms with E-state index in [1.807, 2.05) is 4.90 Å². The third kappa shape index (κ3) is 4.04. The van der Waals surface area contributed by atoms with Crippen LogP contribution in [0.25, 0.3) is 11.2 Å². The van der Waals surface area contributed by atoms with E-state index in [1.165, 1.54) is 0 Å². The number of hydrogen-bond acceptors (Lipinski definition) is 7. The molecule has 0 saturated carbocycles. The van der Waals surface area contributed by atoms with E-state index < -0.39 is 0 Å². The first-order chi connectivity index (χ1) is 14.0. The lowest BCUT2D eigenvalue weighted by Gasteiger charge is -2.36. The Hall–Kier alpha value is -1.97. The van der Waals surface area contributed by atoms with Gasteiger partial charge in [0.25, 0.3) is 0 Å². The zero-order chi connectivity index (χ0) is 20.5. The largest absolute Gasteiger partial charge is 0.378 e. The standard InChI is InChI=1S/C19H28ClN7O2/c1-4-26-14(11-24-5-6-27(13(2)3)15(28)12-24)21-16-17(22-19(20)23-18(16)26)25-7-9-29-10-8-25/h13H,4-12H2,1-3H3. The molecule has 2 fully saturated rings. The minimum absolute atomic E-state index is 0.169. The summed E-state index contributed by atoms with van der Waals surface area (Å²) in [6.07, 6.45) is 0. The first-order valence-electron chi connectivity index (χ1n) is 10.2. The normalized spacial score (nSPS) is 19.0. The lowest BCUT2D eigenvalue weighted by Crippen LogP contribution is -2.52. The average Bonchev–Trinajstić information content (AvgIpc) is 3.04. The molecule has 0 aromatic carbocycles. The molecule has 0 aliphatic carbocycles. The smallest absolute Gasteiger partial charge is 0.237 e. The van der Waals surface area contributed by atoms with Gasteiger partial charge in [-0.3, -0.25) is 9.69 Å². The summed E-state index contributed by atoms with van der Waals surface area (Å²) in [5.74, 6) is 1.82. The number of imidazole rings is 1. The second-order valence-electron chi connectivity index (χ2n) is 7.75. The maximum atomic E-state index is 12.5. The highest BCUT2D eigenvalue weighted by Crippen LogP contribution is 2.27. The number of fused-ring (bicyclic) bond motifs is 1. The second kappa shape index (κ2) is 8.41. The summed E-state index contributed by atoms with van der Waals surface area (Å²) in [4.78, 5) is 32.6. The van der Waals surface area contributed by atoms with E-state index in [2.05, 4.69) is 45.1 Å². The number of ether oxygens (including phenoxy) is 1. The van der Waals surface area contributed by atoms with Crippen LogP contribution in [0, 0.1) is 0 Å². The number of carbonyl (C=O) groups is 1. The quantitative estimate of drug-likeness (QED) is 0.675. The molecule has 4 rings (SSSR count). The number of piperazine rings is 1. The van der Waals surface area contributed by atoms with Crippen molar-refractivity contribution >= 4 is 34.5 Å². The molecule has 0 atom stereocenters. The molecule has 158 valence electrons. The number of anilines is 1. The Bertz CT molecular complexity index is 894. The number of aryl methyl sites for hydroxylation is 1. The molecule has 9 nitrogen and oxygen atoms in total. The first-order valence-corrected chi connectivity index (χ1v) is 10.6. The number of morpholine rings is 1. The molecular weight excluding hydrogens is 394 g/mol. The predicted molar refractivity (Wildman–Crippen MR) is 111 cm³/mol. The van der Waals surface area contributed by atoms with Crippen molar-refractivity contribution in [2.45, 2.75) is 39.9 Å². The molecule has 0 bridgehead atoms. The number of carbonyl (C=O) groups excluding carboxylic acids is 1. The molecule has 2 aliphatic rings. The van der Waals surface area contributed by atoms with Crippen LogP contribution in [0.5, 0.6) is 0 Å². The van der Waals surface area contributed by atoms with Gasteiger partial charge in [-0.1, -0.05) is 0 Å². The summed E-state index contributed by atoms with van der Waals surface area (Å²) in [7, 11) is 0. The first kappa shape index (κ1) is 20.3. The van der Waals surface area contributed by atoms with E-state index in [1.54, 1.807) is 0 Å². The Morgan fingerprint density at radius 1 is 1.10 bits per heavy atom. The third-order valence-electron chi connectivity index (χ3n) is 5.58. The summed E-state index contributed by atoms with van der Waals surface area (Å²) in [6.45, 7) is 12.3. The average molecular weight is 422 g/mol. The van der Waals surface area contributed by atoms with Crippen molar-refractivity contribution < 1.29 is 9.53 Å². The van der Waals surface area contributed by atoms with Gasteiger partial charge in [0.2, 0.25) is 11.2 Å². The summed E-state index contributed by atoms with van der Waals surface area (Å²) < 4.78 is 7.54. The predicted octanol–water partition coefficient (Wildman–Crippen LogP) is 1.39. The fraction of sp³-hybridized carbons (Fsp3) is 0.684. The van der Waals surface area contributed by atoms with Crippen LogP contribution in [0.1, 0.15) is 26.6 Å². The molecule has 29 heavy (non-hydrogen) atoms. The highest BCUT2D eigenvalue weighted by Gasteiger charge is 2.28. The van der Waals surface area contributed by atoms with E-state index >= 15 is 0 Å². The number of amides is 1. The number of rotatable bonds is 5. The molecule has 0 unspecified atom stereocenters. The van der Waals surface area contributed by atoms with Crippen molar-refractivity contribution in [3.05, 3.63) is 11.1 Å². The minimum Gasteiger partial charge on any atom is -0.378 e. The van der Waals surface area contributed by atoms with E-state index in [0.717, 1.165) is 55.5 Å². The summed E-state index contributed by atoms with van der Waals surface area (Å²) in [6, 6.07) is 0.235. The lowest BCUT2D eigenvalue weighted by atomic mass is 10.2. The molecule has 0 radical (unpaired) electrons. The monoisotopic (exact) mass is 421 g/mol. The summed E-state index contributed by atoms with van der Waals surface area (Å²) >= 11 is 6.26. The highest BCUT2D eigenvalue weighted by atomic mass is 35.5. The van der Waals surface area contributed by atoms with Crippen LogP contribution in [0.15, 0.2) is 0 Å². The van der Waals surface area contributed by atoms with Crippen LogP contribution in [0.3, 0.4) is 0 Å². The number of hydrogen-bond donors (Lipinski definition) is 0. The fourth-order valence-electron chi connectivity index (χ4n) is 4.07. The van der Waals surface area contributed by atoms with Gasteiger partial charge in [-0.25, -0.2) is 4.98 Å². The molecule has 2 aliphatic heterocycles. The fourth-order valence-corrected chi connectivity index (χ4v) is 4.23. The number of halogens is 1. The molecule has 2 aromatic rings. The van der Waals surface area contributed by atoms with Gasteiger partial charge >= 0.3 is 0 Å². The third-order valence-corrected chi connectivity index (χ3v) is 5.75. The molecular formula is C19H28ClN7O2. The second-order valence-corrected chi connectivity index (χ2v) is 8.09. The van der Waals surface area contributed by atoms with E-state index in [0.29, 0.717) is 26.3 Å². The van der Waals surface area contributed by atoms with Gasteiger partial charge in [0.05, 0.1) is 26.3 Å². The van der Waals surface area contributed by atoms with Gasteiger partial charge < -0.3 is 19.1 Å². The van der Waals surface area contributed by atoms with Crippen molar-refractivity contribution in [1.29, 1.82) is 0 Å². The Balaban J connectivity index is 1.64. The van der Waals surface area contributed by atoms with E-state index in [9.17, 15) is 4.79 Å². The van der Waals surface area contributed by atoms with Crippen LogP contribution in [-0.4, -0.2) is 87.2 Å². The Labute approximate surface area is 175 Å². The van der Waals surface area contributed by atoms with Crippen LogP contribution < -0.4 is 4.90 Å². The molecule has 1 amide bonds. The molecule has 10 heteroatoms. The van der Waals surface area contributed by atoms with Crippen LogP contribution in [-0.2, 0) is 22.6 Å². The maximum Gasteiger partial charge on any atom is 0.237 e. The molecule has 0 spiro atoms. The van der Waals surface area contributed by atoms with Crippen LogP contribution >= 0.6 is 11.6 Å². The zero-order valence-corrected chi connectivity index (χ0v) is 18.0. The van der Waals surface area contributed by atoms with E-state index in [-0.39, 0.29) is 17.2 Å². The minimum atomic E-state index is 0.169.